The average Bonchev–Trinajstić information content (AvgIpc) is 3.00. The Morgan fingerprint density at radius 3 is 2.50 bits per heavy atom. The fourth-order valence-corrected chi connectivity index (χ4v) is 2.92. The van der Waals surface area contributed by atoms with Crippen molar-refractivity contribution in [3.8, 4) is 17.6 Å². The maximum absolute atomic E-state index is 9.36. The van der Waals surface area contributed by atoms with Gasteiger partial charge in [-0.1, -0.05) is 25.1 Å². The van der Waals surface area contributed by atoms with Crippen LogP contribution in [0.1, 0.15) is 18.1 Å². The van der Waals surface area contributed by atoms with Crippen LogP contribution in [-0.2, 0) is 13.0 Å². The first-order chi connectivity index (χ1) is 11.8. The highest BCUT2D eigenvalue weighted by Crippen LogP contribution is 2.25. The van der Waals surface area contributed by atoms with E-state index in [1.54, 1.807) is 7.11 Å². The molecule has 122 valence electrons. The SMILES string of the molecule is CCc1cccc2c(C#N)cn(CCOc3ccc(OC)cc3)c12. The van der Waals surface area contributed by atoms with E-state index in [9.17, 15) is 5.26 Å². The van der Waals surface area contributed by atoms with Crippen molar-refractivity contribution in [3.05, 3.63) is 59.8 Å². The third-order valence-corrected chi connectivity index (χ3v) is 4.14. The number of ether oxygens (including phenoxy) is 2. The van der Waals surface area contributed by atoms with Crippen LogP contribution in [0.25, 0.3) is 10.9 Å². The second-order valence-corrected chi connectivity index (χ2v) is 5.54. The van der Waals surface area contributed by atoms with Crippen LogP contribution >= 0.6 is 0 Å². The van der Waals surface area contributed by atoms with E-state index in [1.165, 1.54) is 5.56 Å². The summed E-state index contributed by atoms with van der Waals surface area (Å²) < 4.78 is 13.1. The Hall–Kier alpha value is -2.93. The summed E-state index contributed by atoms with van der Waals surface area (Å²) in [6.45, 7) is 3.37. The lowest BCUT2D eigenvalue weighted by Crippen LogP contribution is -2.08. The van der Waals surface area contributed by atoms with Crippen LogP contribution in [0.3, 0.4) is 0 Å². The van der Waals surface area contributed by atoms with Gasteiger partial charge in [-0.15, -0.1) is 0 Å². The number of hydrogen-bond acceptors (Lipinski definition) is 3. The van der Waals surface area contributed by atoms with Gasteiger partial charge in [-0.05, 0) is 36.2 Å². The molecule has 4 heteroatoms. The lowest BCUT2D eigenvalue weighted by Gasteiger charge is -2.10. The first-order valence-corrected chi connectivity index (χ1v) is 8.04. The number of rotatable bonds is 6. The molecule has 0 aliphatic rings. The normalized spacial score (nSPS) is 10.5. The summed E-state index contributed by atoms with van der Waals surface area (Å²) in [4.78, 5) is 0. The molecule has 3 rings (SSSR count). The van der Waals surface area contributed by atoms with Crippen molar-refractivity contribution >= 4 is 10.9 Å². The summed E-state index contributed by atoms with van der Waals surface area (Å²) in [7, 11) is 1.64. The predicted octanol–water partition coefficient (Wildman–Crippen LogP) is 4.16. The van der Waals surface area contributed by atoms with Gasteiger partial charge in [-0.3, -0.25) is 0 Å². The highest BCUT2D eigenvalue weighted by molar-refractivity contribution is 5.89. The number of aryl methyl sites for hydroxylation is 1. The maximum atomic E-state index is 9.36. The summed E-state index contributed by atoms with van der Waals surface area (Å²) in [5.41, 5.74) is 3.10. The molecule has 0 atom stereocenters. The first-order valence-electron chi connectivity index (χ1n) is 8.04. The minimum absolute atomic E-state index is 0.541. The minimum atomic E-state index is 0.541. The Morgan fingerprint density at radius 2 is 1.83 bits per heavy atom. The monoisotopic (exact) mass is 320 g/mol. The van der Waals surface area contributed by atoms with Crippen LogP contribution in [0.15, 0.2) is 48.7 Å². The van der Waals surface area contributed by atoms with Crippen LogP contribution in [0.5, 0.6) is 11.5 Å². The van der Waals surface area contributed by atoms with Crippen molar-refractivity contribution in [1.29, 1.82) is 5.26 Å². The standard InChI is InChI=1S/C20H20N2O2/c1-3-15-5-4-6-19-16(13-21)14-22(20(15)19)11-12-24-18-9-7-17(23-2)8-10-18/h4-10,14H,3,11-12H2,1-2H3. The number of methoxy groups -OCH3 is 1. The molecule has 0 saturated carbocycles. The fourth-order valence-electron chi connectivity index (χ4n) is 2.92. The number of fused-ring (bicyclic) bond motifs is 1. The summed E-state index contributed by atoms with van der Waals surface area (Å²) in [6, 6.07) is 16.0. The molecule has 2 aromatic carbocycles. The first kappa shape index (κ1) is 15.9. The summed E-state index contributed by atoms with van der Waals surface area (Å²) in [6.07, 6.45) is 2.85. The van der Waals surface area contributed by atoms with Gasteiger partial charge in [0.25, 0.3) is 0 Å². The van der Waals surface area contributed by atoms with Crippen molar-refractivity contribution in [3.63, 3.8) is 0 Å². The largest absolute Gasteiger partial charge is 0.497 e. The average molecular weight is 320 g/mol. The van der Waals surface area contributed by atoms with E-state index < -0.39 is 0 Å². The molecule has 0 amide bonds. The molecule has 0 aliphatic carbocycles. The van der Waals surface area contributed by atoms with E-state index in [2.05, 4.69) is 23.6 Å². The lowest BCUT2D eigenvalue weighted by molar-refractivity contribution is 0.299. The summed E-state index contributed by atoms with van der Waals surface area (Å²) in [5.74, 6) is 1.62. The smallest absolute Gasteiger partial charge is 0.119 e. The minimum Gasteiger partial charge on any atom is -0.497 e. The van der Waals surface area contributed by atoms with Gasteiger partial charge in [0, 0.05) is 11.6 Å². The number of para-hydroxylation sites is 1. The molecule has 24 heavy (non-hydrogen) atoms. The van der Waals surface area contributed by atoms with Crippen LogP contribution in [-0.4, -0.2) is 18.3 Å². The summed E-state index contributed by atoms with van der Waals surface area (Å²) in [5, 5.41) is 10.4. The second-order valence-electron chi connectivity index (χ2n) is 5.54. The van der Waals surface area contributed by atoms with Gasteiger partial charge in [0.1, 0.15) is 24.2 Å². The molecule has 0 unspecified atom stereocenters. The third-order valence-electron chi connectivity index (χ3n) is 4.14. The van der Waals surface area contributed by atoms with E-state index in [0.29, 0.717) is 18.7 Å². The van der Waals surface area contributed by atoms with Crippen LogP contribution in [0.4, 0.5) is 0 Å². The molecule has 1 heterocycles. The Morgan fingerprint density at radius 1 is 1.08 bits per heavy atom. The van der Waals surface area contributed by atoms with Crippen molar-refractivity contribution < 1.29 is 9.47 Å². The lowest BCUT2D eigenvalue weighted by atomic mass is 10.1. The number of hydrogen-bond donors (Lipinski definition) is 0. The second kappa shape index (κ2) is 7.10. The van der Waals surface area contributed by atoms with Gasteiger partial charge in [0.15, 0.2) is 0 Å². The molecule has 0 N–H and O–H groups in total. The van der Waals surface area contributed by atoms with Gasteiger partial charge in [0.05, 0.1) is 24.7 Å². The van der Waals surface area contributed by atoms with Gasteiger partial charge in [-0.2, -0.15) is 5.26 Å². The topological polar surface area (TPSA) is 47.2 Å². The zero-order valence-electron chi connectivity index (χ0n) is 14.0. The van der Waals surface area contributed by atoms with Gasteiger partial charge >= 0.3 is 0 Å². The molecule has 0 bridgehead atoms. The van der Waals surface area contributed by atoms with E-state index in [1.807, 2.05) is 42.6 Å². The molecule has 0 aliphatic heterocycles. The van der Waals surface area contributed by atoms with E-state index in [0.717, 1.165) is 28.8 Å². The molecule has 1 aromatic heterocycles. The van der Waals surface area contributed by atoms with Crippen LogP contribution < -0.4 is 9.47 Å². The highest BCUT2D eigenvalue weighted by Gasteiger charge is 2.11. The molecular formula is C20H20N2O2. The van der Waals surface area contributed by atoms with Crippen LogP contribution in [0, 0.1) is 11.3 Å². The summed E-state index contributed by atoms with van der Waals surface area (Å²) >= 11 is 0. The molecule has 3 aromatic rings. The molecule has 0 saturated heterocycles. The number of nitrogens with zero attached hydrogens (tertiary/aromatic N) is 2. The van der Waals surface area contributed by atoms with Gasteiger partial charge < -0.3 is 14.0 Å². The Labute approximate surface area is 141 Å². The molecule has 0 spiro atoms. The van der Waals surface area contributed by atoms with Crippen molar-refractivity contribution in [2.45, 2.75) is 19.9 Å². The van der Waals surface area contributed by atoms with Crippen molar-refractivity contribution in [2.75, 3.05) is 13.7 Å². The quantitative estimate of drug-likeness (QED) is 0.685. The predicted molar refractivity (Wildman–Crippen MR) is 94.5 cm³/mol. The number of aromatic nitrogens is 1. The van der Waals surface area contributed by atoms with Gasteiger partial charge in [-0.25, -0.2) is 0 Å². The van der Waals surface area contributed by atoms with Crippen molar-refractivity contribution in [1.82, 2.24) is 4.57 Å². The van der Waals surface area contributed by atoms with E-state index in [4.69, 9.17) is 9.47 Å². The Balaban J connectivity index is 1.78. The maximum Gasteiger partial charge on any atom is 0.119 e. The third kappa shape index (κ3) is 3.07. The Bertz CT molecular complexity index is 873. The van der Waals surface area contributed by atoms with Gasteiger partial charge in [0.2, 0.25) is 0 Å². The number of nitriles is 1. The van der Waals surface area contributed by atoms with Crippen molar-refractivity contribution in [2.24, 2.45) is 0 Å². The zero-order valence-corrected chi connectivity index (χ0v) is 14.0. The molecule has 0 fully saturated rings. The number of benzene rings is 2. The highest BCUT2D eigenvalue weighted by atomic mass is 16.5. The Kier molecular flexibility index (Phi) is 4.72. The fraction of sp³-hybridized carbons (Fsp3) is 0.250. The molecular weight excluding hydrogens is 300 g/mol. The molecule has 0 radical (unpaired) electrons. The van der Waals surface area contributed by atoms with E-state index >= 15 is 0 Å². The van der Waals surface area contributed by atoms with E-state index in [-0.39, 0.29) is 0 Å². The molecule has 4 nitrogen and oxygen atoms in total. The van der Waals surface area contributed by atoms with Crippen LogP contribution in [0.2, 0.25) is 0 Å². The zero-order chi connectivity index (χ0) is 16.9.